The third-order valence-corrected chi connectivity index (χ3v) is 4.69. The van der Waals surface area contributed by atoms with Crippen LogP contribution in [0.4, 0.5) is 5.69 Å². The van der Waals surface area contributed by atoms with Crippen molar-refractivity contribution < 1.29 is 23.3 Å². The summed E-state index contributed by atoms with van der Waals surface area (Å²) < 4.78 is 28.5. The van der Waals surface area contributed by atoms with Crippen molar-refractivity contribution >= 4 is 50.5 Å². The minimum absolute atomic E-state index is 0.0296. The van der Waals surface area contributed by atoms with Gasteiger partial charge in [-0.1, -0.05) is 39.7 Å². The lowest BCUT2D eigenvalue weighted by atomic mass is 10.3. The van der Waals surface area contributed by atoms with Crippen LogP contribution in [0.1, 0.15) is 0 Å². The Morgan fingerprint density at radius 3 is 2.12 bits per heavy atom. The van der Waals surface area contributed by atoms with Gasteiger partial charge >= 0.3 is 0 Å². The highest BCUT2D eigenvalue weighted by Gasteiger charge is 2.20. The molecule has 0 heterocycles. The van der Waals surface area contributed by atoms with Gasteiger partial charge in [0.25, 0.3) is 15.7 Å². The van der Waals surface area contributed by atoms with Crippen LogP contribution in [-0.2, 0) is 10.0 Å². The van der Waals surface area contributed by atoms with Crippen LogP contribution in [0.25, 0.3) is 0 Å². The Kier molecular flexibility index (Phi) is 5.53. The predicted octanol–water partition coefficient (Wildman–Crippen LogP) is 4.01. The molecule has 2 aromatic carbocycles. The van der Waals surface area contributed by atoms with Crippen molar-refractivity contribution in [2.45, 2.75) is 4.90 Å². The molecule has 0 saturated heterocycles. The molecule has 0 aliphatic carbocycles. The highest BCUT2D eigenvalue weighted by molar-refractivity contribution is 7.89. The van der Waals surface area contributed by atoms with Crippen molar-refractivity contribution in [3.8, 4) is 11.5 Å². The molecule has 0 bridgehead atoms. The number of nitro benzene ring substituents is 1. The summed E-state index contributed by atoms with van der Waals surface area (Å²) in [5.41, 5.74) is -0.236. The summed E-state index contributed by atoms with van der Waals surface area (Å²) in [6.45, 7) is 0. The molecule has 0 aliphatic heterocycles. The Bertz CT molecular complexity index is 896. The van der Waals surface area contributed by atoms with E-state index in [0.717, 1.165) is 29.2 Å². The third-order valence-electron chi connectivity index (χ3n) is 2.74. The molecule has 0 amide bonds. The van der Waals surface area contributed by atoms with Gasteiger partial charge in [0, 0.05) is 12.1 Å². The zero-order valence-electron chi connectivity index (χ0n) is 11.4. The van der Waals surface area contributed by atoms with Gasteiger partial charge < -0.3 is 9.94 Å². The summed E-state index contributed by atoms with van der Waals surface area (Å²) in [5.74, 6) is -0.0760. The number of sulfonamides is 1. The number of hydrogen-bond donors (Lipinski definition) is 2. The summed E-state index contributed by atoms with van der Waals surface area (Å²) in [5, 5.41) is 18.9. The number of rotatable bonds is 5. The Labute approximate surface area is 150 Å². The number of non-ortho nitro benzene ring substituents is 1. The molecule has 0 unspecified atom stereocenters. The molecule has 0 saturated carbocycles. The number of hydrogen-bond acceptors (Lipinski definition) is 6. The zero-order valence-corrected chi connectivity index (χ0v) is 14.4. The van der Waals surface area contributed by atoms with E-state index < -0.39 is 14.9 Å². The van der Waals surface area contributed by atoms with Gasteiger partial charge in [0.2, 0.25) is 0 Å². The monoisotopic (exact) mass is 412 g/mol. The molecule has 0 fully saturated rings. The van der Waals surface area contributed by atoms with Crippen LogP contribution in [0.2, 0.25) is 15.1 Å². The van der Waals surface area contributed by atoms with Gasteiger partial charge in [0.05, 0.1) is 24.9 Å². The van der Waals surface area contributed by atoms with E-state index in [-0.39, 0.29) is 37.1 Å². The first-order valence-corrected chi connectivity index (χ1v) is 8.54. The maximum Gasteiger partial charge on any atom is 0.271 e. The van der Waals surface area contributed by atoms with Gasteiger partial charge in [-0.2, -0.15) is 0 Å². The highest BCUT2D eigenvalue weighted by atomic mass is 35.5. The number of nitrogens with one attached hydrogen (secondary N) is 1. The van der Waals surface area contributed by atoms with Crippen molar-refractivity contribution in [2.24, 2.45) is 0 Å². The van der Waals surface area contributed by atoms with Crippen molar-refractivity contribution in [3.63, 3.8) is 0 Å². The number of ether oxygens (including phenoxy) is 1. The lowest BCUT2D eigenvalue weighted by molar-refractivity contribution is -0.384. The van der Waals surface area contributed by atoms with Gasteiger partial charge in [-0.15, -0.1) is 0 Å². The third kappa shape index (κ3) is 3.89. The smallest absolute Gasteiger partial charge is 0.271 e. The standard InChI is InChI=1S/C12H7Cl3N2O6S/c13-8-3-6(17(19)20)1-2-11(8)23-12-9(14)4-7(5-10(12)15)24(21,22)16-18/h1-5,16,18H. The first-order valence-electron chi connectivity index (χ1n) is 5.92. The Balaban J connectivity index is 2.43. The predicted molar refractivity (Wildman–Crippen MR) is 86.8 cm³/mol. The summed E-state index contributed by atoms with van der Waals surface area (Å²) in [4.78, 5) is 10.8. The molecule has 0 aromatic heterocycles. The van der Waals surface area contributed by atoms with Gasteiger partial charge in [0.15, 0.2) is 5.75 Å². The normalized spacial score (nSPS) is 11.3. The fraction of sp³-hybridized carbons (Fsp3) is 0. The van der Waals surface area contributed by atoms with Crippen LogP contribution in [0.15, 0.2) is 35.2 Å². The lowest BCUT2D eigenvalue weighted by Gasteiger charge is -2.12. The lowest BCUT2D eigenvalue weighted by Crippen LogP contribution is -2.19. The van der Waals surface area contributed by atoms with E-state index >= 15 is 0 Å². The molecule has 0 radical (unpaired) electrons. The van der Waals surface area contributed by atoms with Crippen molar-refractivity contribution in [3.05, 3.63) is 55.5 Å². The molecule has 12 heteroatoms. The average molecular weight is 414 g/mol. The van der Waals surface area contributed by atoms with E-state index in [2.05, 4.69) is 0 Å². The van der Waals surface area contributed by atoms with E-state index in [4.69, 9.17) is 44.7 Å². The van der Waals surface area contributed by atoms with Gasteiger partial charge in [-0.3, -0.25) is 10.1 Å². The maximum atomic E-state index is 11.5. The van der Waals surface area contributed by atoms with Crippen LogP contribution in [0, 0.1) is 10.1 Å². The molecule has 2 rings (SSSR count). The minimum atomic E-state index is -4.18. The van der Waals surface area contributed by atoms with E-state index in [0.29, 0.717) is 0 Å². The zero-order chi connectivity index (χ0) is 18.1. The number of nitro groups is 1. The quantitative estimate of drug-likeness (QED) is 0.564. The molecule has 128 valence electrons. The number of benzene rings is 2. The van der Waals surface area contributed by atoms with Gasteiger partial charge in [0.1, 0.15) is 5.75 Å². The summed E-state index contributed by atoms with van der Waals surface area (Å²) in [6, 6.07) is 5.49. The molecule has 8 nitrogen and oxygen atoms in total. The molecular weight excluding hydrogens is 407 g/mol. The van der Waals surface area contributed by atoms with E-state index in [1.54, 1.807) is 0 Å². The average Bonchev–Trinajstić information content (AvgIpc) is 2.51. The molecule has 2 aromatic rings. The Hall–Kier alpha value is -1.62. The second-order valence-electron chi connectivity index (χ2n) is 4.28. The topological polar surface area (TPSA) is 119 Å². The Morgan fingerprint density at radius 1 is 1.08 bits per heavy atom. The fourth-order valence-corrected chi connectivity index (χ4v) is 3.20. The van der Waals surface area contributed by atoms with Crippen LogP contribution >= 0.6 is 34.8 Å². The van der Waals surface area contributed by atoms with Gasteiger partial charge in [-0.05, 0) is 18.2 Å². The first kappa shape index (κ1) is 18.7. The summed E-state index contributed by atoms with van der Waals surface area (Å²) in [6.07, 6.45) is 0. The first-order chi connectivity index (χ1) is 11.2. The van der Waals surface area contributed by atoms with E-state index in [9.17, 15) is 18.5 Å². The highest BCUT2D eigenvalue weighted by Crippen LogP contribution is 2.41. The SMILES string of the molecule is O=[N+]([O-])c1ccc(Oc2c(Cl)cc(S(=O)(=O)NO)cc2Cl)c(Cl)c1. The second kappa shape index (κ2) is 7.09. The van der Waals surface area contributed by atoms with Crippen molar-refractivity contribution in [1.29, 1.82) is 0 Å². The molecule has 24 heavy (non-hydrogen) atoms. The molecule has 0 spiro atoms. The molecular formula is C12H7Cl3N2O6S. The number of nitrogens with zero attached hydrogens (tertiary/aromatic N) is 1. The van der Waals surface area contributed by atoms with Crippen molar-refractivity contribution in [2.75, 3.05) is 0 Å². The van der Waals surface area contributed by atoms with E-state index in [1.165, 1.54) is 6.07 Å². The number of halogens is 3. The van der Waals surface area contributed by atoms with Crippen LogP contribution < -0.4 is 9.62 Å². The molecule has 0 aliphatic rings. The van der Waals surface area contributed by atoms with Crippen molar-refractivity contribution in [1.82, 2.24) is 4.89 Å². The Morgan fingerprint density at radius 2 is 1.67 bits per heavy atom. The van der Waals surface area contributed by atoms with Gasteiger partial charge in [-0.25, -0.2) is 8.42 Å². The van der Waals surface area contributed by atoms with Crippen LogP contribution in [0.3, 0.4) is 0 Å². The molecule has 0 atom stereocenters. The largest absolute Gasteiger partial charge is 0.453 e. The second-order valence-corrected chi connectivity index (χ2v) is 7.17. The van der Waals surface area contributed by atoms with E-state index in [1.807, 2.05) is 0 Å². The fourth-order valence-electron chi connectivity index (χ4n) is 1.64. The minimum Gasteiger partial charge on any atom is -0.453 e. The van der Waals surface area contributed by atoms with Crippen LogP contribution in [0.5, 0.6) is 11.5 Å². The van der Waals surface area contributed by atoms with Crippen LogP contribution in [-0.4, -0.2) is 18.5 Å². The maximum absolute atomic E-state index is 11.5. The molecule has 2 N–H and O–H groups in total. The summed E-state index contributed by atoms with van der Waals surface area (Å²) >= 11 is 17.8. The summed E-state index contributed by atoms with van der Waals surface area (Å²) in [7, 11) is -4.18.